The number of aromatic nitrogens is 2. The van der Waals surface area contributed by atoms with Crippen LogP contribution in [0.3, 0.4) is 0 Å². The van der Waals surface area contributed by atoms with Crippen molar-refractivity contribution in [2.45, 2.75) is 38.9 Å². The van der Waals surface area contributed by atoms with Crippen LogP contribution in [-0.2, 0) is 13.1 Å². The molecule has 4 nitrogen and oxygen atoms in total. The first-order valence-electron chi connectivity index (χ1n) is 7.01. The molecule has 1 aliphatic rings. The second kappa shape index (κ2) is 5.89. The van der Waals surface area contributed by atoms with Gasteiger partial charge in [0.15, 0.2) is 0 Å². The fraction of sp³-hybridized carbons (Fsp3) is 0.467. The van der Waals surface area contributed by atoms with Crippen LogP contribution in [0.15, 0.2) is 23.8 Å². The summed E-state index contributed by atoms with van der Waals surface area (Å²) in [6.45, 7) is 3.86. The number of hydrogen-bond acceptors (Lipinski definition) is 5. The van der Waals surface area contributed by atoms with Crippen LogP contribution < -0.4 is 10.2 Å². The molecule has 3 rings (SSSR count). The van der Waals surface area contributed by atoms with Gasteiger partial charge in [0.05, 0.1) is 17.7 Å². The minimum Gasteiger partial charge on any atom is -0.354 e. The highest BCUT2D eigenvalue weighted by molar-refractivity contribution is 7.09. The van der Waals surface area contributed by atoms with E-state index in [1.807, 2.05) is 11.7 Å². The number of anilines is 1. The van der Waals surface area contributed by atoms with Crippen LogP contribution in [0.1, 0.15) is 29.0 Å². The lowest BCUT2D eigenvalue weighted by atomic mass is 10.2. The molecule has 1 N–H and O–H groups in total. The monoisotopic (exact) mass is 288 g/mol. The molecule has 0 aromatic carbocycles. The molecule has 2 aromatic heterocycles. The first kappa shape index (κ1) is 13.5. The smallest absolute Gasteiger partial charge is 0.128 e. The van der Waals surface area contributed by atoms with Crippen molar-refractivity contribution in [1.29, 1.82) is 0 Å². The summed E-state index contributed by atoms with van der Waals surface area (Å²) in [4.78, 5) is 12.3. The predicted octanol–water partition coefficient (Wildman–Crippen LogP) is 2.73. The Bertz CT molecular complexity index is 577. The number of aryl methyl sites for hydroxylation is 1. The summed E-state index contributed by atoms with van der Waals surface area (Å²) >= 11 is 1.71. The maximum absolute atomic E-state index is 4.47. The van der Waals surface area contributed by atoms with E-state index in [4.69, 9.17) is 0 Å². The van der Waals surface area contributed by atoms with Crippen molar-refractivity contribution < 1.29 is 0 Å². The zero-order valence-electron chi connectivity index (χ0n) is 12.0. The molecule has 20 heavy (non-hydrogen) atoms. The van der Waals surface area contributed by atoms with Gasteiger partial charge >= 0.3 is 0 Å². The number of nitrogens with zero attached hydrogens (tertiary/aromatic N) is 3. The zero-order valence-corrected chi connectivity index (χ0v) is 12.8. The molecule has 1 aliphatic carbocycles. The van der Waals surface area contributed by atoms with Crippen molar-refractivity contribution in [2.24, 2.45) is 0 Å². The van der Waals surface area contributed by atoms with E-state index in [1.54, 1.807) is 11.3 Å². The van der Waals surface area contributed by atoms with Crippen molar-refractivity contribution in [1.82, 2.24) is 15.3 Å². The number of rotatable bonds is 6. The molecular formula is C15H20N4S. The van der Waals surface area contributed by atoms with Gasteiger partial charge in [-0.3, -0.25) is 0 Å². The molecule has 1 fully saturated rings. The van der Waals surface area contributed by atoms with Crippen molar-refractivity contribution in [2.75, 3.05) is 11.9 Å². The normalized spacial score (nSPS) is 14.5. The number of pyridine rings is 1. The largest absolute Gasteiger partial charge is 0.354 e. The Balaban J connectivity index is 1.65. The van der Waals surface area contributed by atoms with E-state index in [0.29, 0.717) is 0 Å². The van der Waals surface area contributed by atoms with Gasteiger partial charge in [0.2, 0.25) is 0 Å². The minimum atomic E-state index is 0.740. The Morgan fingerprint density at radius 2 is 2.25 bits per heavy atom. The van der Waals surface area contributed by atoms with Crippen molar-refractivity contribution in [3.8, 4) is 0 Å². The highest BCUT2D eigenvalue weighted by Gasteiger charge is 2.20. The Kier molecular flexibility index (Phi) is 3.98. The van der Waals surface area contributed by atoms with Crippen LogP contribution in [0.4, 0.5) is 5.82 Å². The average molecular weight is 288 g/mol. The molecule has 0 spiro atoms. The summed E-state index contributed by atoms with van der Waals surface area (Å²) < 4.78 is 0. The summed E-state index contributed by atoms with van der Waals surface area (Å²) in [5, 5.41) is 3.54. The highest BCUT2D eigenvalue weighted by Crippen LogP contribution is 2.21. The van der Waals surface area contributed by atoms with Gasteiger partial charge in [-0.05, 0) is 37.5 Å². The fourth-order valence-electron chi connectivity index (χ4n) is 2.10. The Morgan fingerprint density at radius 1 is 1.40 bits per heavy atom. The van der Waals surface area contributed by atoms with Gasteiger partial charge in [0, 0.05) is 30.7 Å². The van der Waals surface area contributed by atoms with Gasteiger partial charge in [-0.1, -0.05) is 0 Å². The predicted molar refractivity (Wildman–Crippen MR) is 83.1 cm³/mol. The molecule has 2 heterocycles. The third-order valence-electron chi connectivity index (χ3n) is 3.60. The lowest BCUT2D eigenvalue weighted by Crippen LogP contribution is -2.19. The highest BCUT2D eigenvalue weighted by atomic mass is 32.1. The molecule has 5 heteroatoms. The van der Waals surface area contributed by atoms with Gasteiger partial charge in [-0.25, -0.2) is 9.97 Å². The summed E-state index contributed by atoms with van der Waals surface area (Å²) in [7, 11) is 2.08. The quantitative estimate of drug-likeness (QED) is 0.887. The van der Waals surface area contributed by atoms with E-state index in [2.05, 4.69) is 46.3 Å². The second-order valence-corrected chi connectivity index (χ2v) is 6.33. The maximum atomic E-state index is 4.47. The van der Waals surface area contributed by atoms with Crippen LogP contribution in [0.2, 0.25) is 0 Å². The van der Waals surface area contributed by atoms with Crippen LogP contribution in [0.5, 0.6) is 0 Å². The summed E-state index contributed by atoms with van der Waals surface area (Å²) in [6.07, 6.45) is 4.54. The molecular weight excluding hydrogens is 268 g/mol. The molecule has 2 aromatic rings. The van der Waals surface area contributed by atoms with Crippen LogP contribution in [0.25, 0.3) is 0 Å². The lowest BCUT2D eigenvalue weighted by Gasteiger charge is -2.18. The molecule has 0 saturated heterocycles. The van der Waals surface area contributed by atoms with E-state index in [1.165, 1.54) is 23.3 Å². The number of nitrogens with one attached hydrogen (secondary N) is 1. The fourth-order valence-corrected chi connectivity index (χ4v) is 2.93. The van der Waals surface area contributed by atoms with Crippen molar-refractivity contribution in [3.05, 3.63) is 40.0 Å². The molecule has 0 amide bonds. The number of thiazole rings is 1. The molecule has 0 radical (unpaired) electrons. The van der Waals surface area contributed by atoms with Crippen LogP contribution in [0, 0.1) is 6.92 Å². The van der Waals surface area contributed by atoms with E-state index >= 15 is 0 Å². The van der Waals surface area contributed by atoms with Crippen LogP contribution in [-0.4, -0.2) is 23.1 Å². The molecule has 0 atom stereocenters. The van der Waals surface area contributed by atoms with Gasteiger partial charge < -0.3 is 10.2 Å². The first-order chi connectivity index (χ1) is 9.72. The Morgan fingerprint density at radius 3 is 2.95 bits per heavy atom. The van der Waals surface area contributed by atoms with Crippen molar-refractivity contribution in [3.63, 3.8) is 0 Å². The lowest BCUT2D eigenvalue weighted by molar-refractivity contribution is 0.686. The maximum Gasteiger partial charge on any atom is 0.128 e. The van der Waals surface area contributed by atoms with E-state index in [0.717, 1.165) is 30.6 Å². The SMILES string of the molecule is Cc1ncsc1CN(C)c1cc(CNC2CC2)ccn1. The van der Waals surface area contributed by atoms with Crippen LogP contribution >= 0.6 is 11.3 Å². The third-order valence-corrected chi connectivity index (χ3v) is 4.52. The van der Waals surface area contributed by atoms with E-state index in [9.17, 15) is 0 Å². The summed E-state index contributed by atoms with van der Waals surface area (Å²) in [5.41, 5.74) is 4.32. The van der Waals surface area contributed by atoms with Gasteiger partial charge in [0.1, 0.15) is 5.82 Å². The zero-order chi connectivity index (χ0) is 13.9. The van der Waals surface area contributed by atoms with E-state index in [-0.39, 0.29) is 0 Å². The minimum absolute atomic E-state index is 0.740. The molecule has 106 valence electrons. The summed E-state index contributed by atoms with van der Waals surface area (Å²) in [5.74, 6) is 1.02. The summed E-state index contributed by atoms with van der Waals surface area (Å²) in [6, 6.07) is 5.00. The molecule has 0 unspecified atom stereocenters. The van der Waals surface area contributed by atoms with Gasteiger partial charge in [-0.2, -0.15) is 0 Å². The Hall–Kier alpha value is -1.46. The topological polar surface area (TPSA) is 41.1 Å². The van der Waals surface area contributed by atoms with Gasteiger partial charge in [0.25, 0.3) is 0 Å². The van der Waals surface area contributed by atoms with E-state index < -0.39 is 0 Å². The number of hydrogen-bond donors (Lipinski definition) is 1. The average Bonchev–Trinajstić information content (AvgIpc) is 3.21. The first-order valence-corrected chi connectivity index (χ1v) is 7.89. The third kappa shape index (κ3) is 3.35. The standard InChI is InChI=1S/C15H20N4S/c1-11-14(20-10-18-11)9-19(2)15-7-12(5-6-16-15)8-17-13-3-4-13/h5-7,10,13,17H,3-4,8-9H2,1-2H3. The van der Waals surface area contributed by atoms with Crippen molar-refractivity contribution >= 4 is 17.2 Å². The van der Waals surface area contributed by atoms with Gasteiger partial charge in [-0.15, -0.1) is 11.3 Å². The molecule has 0 aliphatic heterocycles. The molecule has 0 bridgehead atoms. The molecule has 1 saturated carbocycles. The second-order valence-electron chi connectivity index (χ2n) is 5.39. The Labute approximate surface area is 123 Å².